The molecule has 0 aromatic heterocycles. The summed E-state index contributed by atoms with van der Waals surface area (Å²) in [6.45, 7) is 7.23. The first kappa shape index (κ1) is 11.0. The molecule has 2 heteroatoms. The lowest BCUT2D eigenvalue weighted by atomic mass is 9.80. The lowest BCUT2D eigenvalue weighted by Crippen LogP contribution is -2.39. The Labute approximate surface area is 81.7 Å². The van der Waals surface area contributed by atoms with Gasteiger partial charge >= 0.3 is 0 Å². The lowest BCUT2D eigenvalue weighted by Gasteiger charge is -2.32. The second-order valence-electron chi connectivity index (χ2n) is 4.87. The monoisotopic (exact) mass is 185 g/mol. The Morgan fingerprint density at radius 3 is 2.23 bits per heavy atom. The Hall–Kier alpha value is -0.0800. The number of nitrogens with one attached hydrogen (secondary N) is 1. The predicted octanol–water partition coefficient (Wildman–Crippen LogP) is 1.78. The standard InChI is InChI=1S/C11H23NO/c1-8-4-9(2)6-11(5-8)12-7-10(3)13/h8-13H,4-7H2,1-3H3/t8?,9?,10-,11?/m0/s1. The highest BCUT2D eigenvalue weighted by Gasteiger charge is 2.23. The summed E-state index contributed by atoms with van der Waals surface area (Å²) in [6, 6.07) is 0.633. The minimum Gasteiger partial charge on any atom is -0.392 e. The molecular formula is C11H23NO. The average Bonchev–Trinajstić information content (AvgIpc) is 1.99. The highest BCUT2D eigenvalue weighted by atomic mass is 16.3. The molecule has 0 radical (unpaired) electrons. The Kier molecular flexibility index (Phi) is 4.20. The van der Waals surface area contributed by atoms with Crippen molar-refractivity contribution in [1.82, 2.24) is 5.32 Å². The van der Waals surface area contributed by atoms with E-state index in [2.05, 4.69) is 19.2 Å². The third-order valence-corrected chi connectivity index (χ3v) is 2.88. The zero-order valence-corrected chi connectivity index (χ0v) is 9.09. The molecule has 0 aromatic carbocycles. The third-order valence-electron chi connectivity index (χ3n) is 2.88. The van der Waals surface area contributed by atoms with Crippen molar-refractivity contribution in [2.75, 3.05) is 6.54 Å². The average molecular weight is 185 g/mol. The minimum atomic E-state index is -0.215. The number of hydrogen-bond donors (Lipinski definition) is 2. The molecule has 1 rings (SSSR count). The minimum absolute atomic E-state index is 0.215. The van der Waals surface area contributed by atoms with Crippen LogP contribution in [0.2, 0.25) is 0 Å². The van der Waals surface area contributed by atoms with Gasteiger partial charge in [0.25, 0.3) is 0 Å². The Bertz CT molecular complexity index is 137. The predicted molar refractivity (Wildman–Crippen MR) is 55.7 cm³/mol. The summed E-state index contributed by atoms with van der Waals surface area (Å²) in [4.78, 5) is 0. The van der Waals surface area contributed by atoms with E-state index in [1.165, 1.54) is 19.3 Å². The summed E-state index contributed by atoms with van der Waals surface area (Å²) in [6.07, 6.45) is 3.70. The molecule has 1 aliphatic rings. The molecule has 0 heterocycles. The first-order valence-corrected chi connectivity index (χ1v) is 5.49. The molecule has 1 fully saturated rings. The molecule has 2 N–H and O–H groups in total. The van der Waals surface area contributed by atoms with E-state index in [-0.39, 0.29) is 6.10 Å². The van der Waals surface area contributed by atoms with Crippen LogP contribution in [0.5, 0.6) is 0 Å². The Morgan fingerprint density at radius 2 is 1.77 bits per heavy atom. The number of aliphatic hydroxyl groups excluding tert-OH is 1. The normalized spacial score (nSPS) is 37.4. The van der Waals surface area contributed by atoms with E-state index in [9.17, 15) is 0 Å². The van der Waals surface area contributed by atoms with Crippen LogP contribution in [-0.4, -0.2) is 23.8 Å². The van der Waals surface area contributed by atoms with Gasteiger partial charge in [0.15, 0.2) is 0 Å². The van der Waals surface area contributed by atoms with Crippen LogP contribution in [0.3, 0.4) is 0 Å². The maximum atomic E-state index is 9.15. The van der Waals surface area contributed by atoms with Crippen LogP contribution >= 0.6 is 0 Å². The van der Waals surface area contributed by atoms with E-state index in [1.807, 2.05) is 6.92 Å². The van der Waals surface area contributed by atoms with E-state index < -0.39 is 0 Å². The van der Waals surface area contributed by atoms with E-state index in [1.54, 1.807) is 0 Å². The SMILES string of the molecule is CC1CC(C)CC(NC[C@H](C)O)C1. The van der Waals surface area contributed by atoms with Gasteiger partial charge in [0.05, 0.1) is 6.10 Å². The van der Waals surface area contributed by atoms with Crippen molar-refractivity contribution in [2.24, 2.45) is 11.8 Å². The van der Waals surface area contributed by atoms with Crippen molar-refractivity contribution in [2.45, 2.75) is 52.2 Å². The van der Waals surface area contributed by atoms with Crippen LogP contribution in [0.15, 0.2) is 0 Å². The van der Waals surface area contributed by atoms with Crippen molar-refractivity contribution in [3.63, 3.8) is 0 Å². The largest absolute Gasteiger partial charge is 0.392 e. The molecule has 1 aliphatic carbocycles. The summed E-state index contributed by atoms with van der Waals surface area (Å²) in [7, 11) is 0. The molecule has 0 aliphatic heterocycles. The molecule has 0 amide bonds. The number of rotatable bonds is 3. The lowest BCUT2D eigenvalue weighted by molar-refractivity contribution is 0.168. The highest BCUT2D eigenvalue weighted by molar-refractivity contribution is 4.79. The zero-order valence-electron chi connectivity index (χ0n) is 9.09. The zero-order chi connectivity index (χ0) is 9.84. The van der Waals surface area contributed by atoms with E-state index in [4.69, 9.17) is 5.11 Å². The van der Waals surface area contributed by atoms with Crippen LogP contribution < -0.4 is 5.32 Å². The van der Waals surface area contributed by atoms with Gasteiger partial charge in [-0.3, -0.25) is 0 Å². The molecule has 78 valence electrons. The third kappa shape index (κ3) is 4.10. The van der Waals surface area contributed by atoms with E-state index in [0.29, 0.717) is 6.04 Å². The summed E-state index contributed by atoms with van der Waals surface area (Å²) in [5.74, 6) is 1.69. The second kappa shape index (κ2) is 4.97. The van der Waals surface area contributed by atoms with E-state index in [0.717, 1.165) is 18.4 Å². The van der Waals surface area contributed by atoms with Crippen molar-refractivity contribution in [3.8, 4) is 0 Å². The fraction of sp³-hybridized carbons (Fsp3) is 1.00. The molecule has 3 atom stereocenters. The van der Waals surface area contributed by atoms with Gasteiger partial charge in [-0.2, -0.15) is 0 Å². The summed E-state index contributed by atoms with van der Waals surface area (Å²) >= 11 is 0. The van der Waals surface area contributed by atoms with Crippen molar-refractivity contribution >= 4 is 0 Å². The molecule has 0 saturated heterocycles. The van der Waals surface area contributed by atoms with Crippen LogP contribution in [0.4, 0.5) is 0 Å². The van der Waals surface area contributed by atoms with Crippen LogP contribution in [0.1, 0.15) is 40.0 Å². The van der Waals surface area contributed by atoms with Gasteiger partial charge in [-0.25, -0.2) is 0 Å². The van der Waals surface area contributed by atoms with Crippen LogP contribution in [0, 0.1) is 11.8 Å². The van der Waals surface area contributed by atoms with Gasteiger partial charge in [-0.1, -0.05) is 13.8 Å². The molecule has 2 unspecified atom stereocenters. The van der Waals surface area contributed by atoms with E-state index >= 15 is 0 Å². The molecule has 13 heavy (non-hydrogen) atoms. The number of aliphatic hydroxyl groups is 1. The summed E-state index contributed by atoms with van der Waals surface area (Å²) in [5.41, 5.74) is 0. The highest BCUT2D eigenvalue weighted by Crippen LogP contribution is 2.28. The maximum Gasteiger partial charge on any atom is 0.0636 e. The van der Waals surface area contributed by atoms with Crippen LogP contribution in [0.25, 0.3) is 0 Å². The second-order valence-corrected chi connectivity index (χ2v) is 4.87. The Morgan fingerprint density at radius 1 is 1.23 bits per heavy atom. The summed E-state index contributed by atoms with van der Waals surface area (Å²) in [5, 5.41) is 12.6. The van der Waals surface area contributed by atoms with Crippen LogP contribution in [-0.2, 0) is 0 Å². The Balaban J connectivity index is 2.25. The topological polar surface area (TPSA) is 32.3 Å². The first-order chi connectivity index (χ1) is 6.08. The van der Waals surface area contributed by atoms with Gasteiger partial charge in [-0.15, -0.1) is 0 Å². The molecule has 2 nitrogen and oxygen atoms in total. The quantitative estimate of drug-likeness (QED) is 0.702. The fourth-order valence-corrected chi connectivity index (χ4v) is 2.45. The van der Waals surface area contributed by atoms with Crippen molar-refractivity contribution in [3.05, 3.63) is 0 Å². The molecule has 0 spiro atoms. The molecular weight excluding hydrogens is 162 g/mol. The van der Waals surface area contributed by atoms with Crippen molar-refractivity contribution in [1.29, 1.82) is 0 Å². The first-order valence-electron chi connectivity index (χ1n) is 5.49. The van der Waals surface area contributed by atoms with Crippen molar-refractivity contribution < 1.29 is 5.11 Å². The van der Waals surface area contributed by atoms with Gasteiger partial charge in [0.1, 0.15) is 0 Å². The molecule has 0 bridgehead atoms. The van der Waals surface area contributed by atoms with Gasteiger partial charge in [-0.05, 0) is 38.0 Å². The van der Waals surface area contributed by atoms with Gasteiger partial charge < -0.3 is 10.4 Å². The fourth-order valence-electron chi connectivity index (χ4n) is 2.45. The summed E-state index contributed by atoms with van der Waals surface area (Å²) < 4.78 is 0. The molecule has 0 aromatic rings. The van der Waals surface area contributed by atoms with Gasteiger partial charge in [0.2, 0.25) is 0 Å². The molecule has 1 saturated carbocycles. The smallest absolute Gasteiger partial charge is 0.0636 e. The number of hydrogen-bond acceptors (Lipinski definition) is 2. The van der Waals surface area contributed by atoms with Gasteiger partial charge in [0, 0.05) is 12.6 Å². The maximum absolute atomic E-state index is 9.15.